The van der Waals surface area contributed by atoms with Crippen molar-refractivity contribution in [1.82, 2.24) is 0 Å². The van der Waals surface area contributed by atoms with Crippen molar-refractivity contribution in [2.24, 2.45) is 0 Å². The molecule has 0 saturated heterocycles. The number of rotatable bonds is 4. The summed E-state index contributed by atoms with van der Waals surface area (Å²) in [4.78, 5) is 20.6. The van der Waals surface area contributed by atoms with Crippen LogP contribution in [0.3, 0.4) is 0 Å². The Morgan fingerprint density at radius 2 is 2.24 bits per heavy atom. The second-order valence-corrected chi connectivity index (χ2v) is 3.44. The standard InChI is InChI=1S/C10H7ClN2O4/c11-4-7-8(5-12)6(3-10(14)15)1-2-9(7)13(16)17/h1-2H,3-4H2,(H,14,15). The van der Waals surface area contributed by atoms with Crippen molar-refractivity contribution in [2.75, 3.05) is 0 Å². The van der Waals surface area contributed by atoms with Gasteiger partial charge in [0, 0.05) is 6.07 Å². The molecule has 1 N–H and O–H groups in total. The highest BCUT2D eigenvalue weighted by Crippen LogP contribution is 2.27. The van der Waals surface area contributed by atoms with Gasteiger partial charge in [-0.1, -0.05) is 6.07 Å². The Morgan fingerprint density at radius 1 is 1.59 bits per heavy atom. The molecular weight excluding hydrogens is 248 g/mol. The van der Waals surface area contributed by atoms with Crippen LogP contribution in [0.4, 0.5) is 5.69 Å². The predicted molar refractivity (Wildman–Crippen MR) is 58.7 cm³/mol. The van der Waals surface area contributed by atoms with Crippen LogP contribution in [0.1, 0.15) is 16.7 Å². The molecule has 0 aliphatic heterocycles. The molecule has 0 atom stereocenters. The maximum absolute atomic E-state index is 10.7. The molecule has 0 aliphatic carbocycles. The van der Waals surface area contributed by atoms with Crippen LogP contribution in [0.5, 0.6) is 0 Å². The van der Waals surface area contributed by atoms with Crippen molar-refractivity contribution >= 4 is 23.3 Å². The molecule has 0 saturated carbocycles. The number of nitro groups is 1. The third kappa shape index (κ3) is 2.71. The molecule has 1 aromatic carbocycles. The summed E-state index contributed by atoms with van der Waals surface area (Å²) in [5, 5.41) is 28.3. The Labute approximate surface area is 101 Å². The summed E-state index contributed by atoms with van der Waals surface area (Å²) in [6.07, 6.45) is -0.370. The first kappa shape index (κ1) is 12.9. The third-order valence-corrected chi connectivity index (χ3v) is 2.43. The van der Waals surface area contributed by atoms with Crippen molar-refractivity contribution in [3.05, 3.63) is 38.9 Å². The molecule has 0 spiro atoms. The van der Waals surface area contributed by atoms with E-state index < -0.39 is 10.9 Å². The summed E-state index contributed by atoms with van der Waals surface area (Å²) in [7, 11) is 0. The van der Waals surface area contributed by atoms with E-state index in [0.29, 0.717) is 0 Å². The fraction of sp³-hybridized carbons (Fsp3) is 0.200. The van der Waals surface area contributed by atoms with Crippen molar-refractivity contribution in [3.63, 3.8) is 0 Å². The van der Waals surface area contributed by atoms with Gasteiger partial charge in [-0.15, -0.1) is 11.6 Å². The lowest BCUT2D eigenvalue weighted by molar-refractivity contribution is -0.385. The van der Waals surface area contributed by atoms with Crippen LogP contribution in [-0.4, -0.2) is 16.0 Å². The normalized spacial score (nSPS) is 9.65. The molecule has 0 fully saturated rings. The zero-order valence-corrected chi connectivity index (χ0v) is 9.27. The van der Waals surface area contributed by atoms with Crippen LogP contribution in [0.15, 0.2) is 12.1 Å². The number of hydrogen-bond acceptors (Lipinski definition) is 4. The van der Waals surface area contributed by atoms with E-state index in [9.17, 15) is 14.9 Å². The van der Waals surface area contributed by atoms with Crippen LogP contribution in [0.25, 0.3) is 0 Å². The van der Waals surface area contributed by atoms with Crippen LogP contribution >= 0.6 is 11.6 Å². The lowest BCUT2D eigenvalue weighted by Gasteiger charge is -2.06. The maximum atomic E-state index is 10.7. The fourth-order valence-electron chi connectivity index (χ4n) is 1.44. The van der Waals surface area contributed by atoms with E-state index in [1.165, 1.54) is 6.07 Å². The number of alkyl halides is 1. The van der Waals surface area contributed by atoms with E-state index in [4.69, 9.17) is 22.0 Å². The molecule has 0 aromatic heterocycles. The van der Waals surface area contributed by atoms with Crippen LogP contribution in [0, 0.1) is 21.4 Å². The Hall–Kier alpha value is -2.13. The molecule has 88 valence electrons. The molecule has 0 heterocycles. The maximum Gasteiger partial charge on any atom is 0.307 e. The second-order valence-electron chi connectivity index (χ2n) is 3.17. The average molecular weight is 255 g/mol. The number of nitro benzene ring substituents is 1. The fourth-order valence-corrected chi connectivity index (χ4v) is 1.71. The monoisotopic (exact) mass is 254 g/mol. The van der Waals surface area contributed by atoms with Gasteiger partial charge in [-0.25, -0.2) is 0 Å². The van der Waals surface area contributed by atoms with E-state index >= 15 is 0 Å². The molecule has 0 unspecified atom stereocenters. The lowest BCUT2D eigenvalue weighted by Crippen LogP contribution is -2.06. The van der Waals surface area contributed by atoms with Gasteiger partial charge in [-0.3, -0.25) is 14.9 Å². The minimum Gasteiger partial charge on any atom is -0.481 e. The Balaban J connectivity index is 3.44. The minimum atomic E-state index is -1.11. The summed E-state index contributed by atoms with van der Waals surface area (Å²) in [5.74, 6) is -1.33. The molecule has 0 aliphatic rings. The molecule has 0 amide bonds. The van der Waals surface area contributed by atoms with E-state index in [1.807, 2.05) is 0 Å². The van der Waals surface area contributed by atoms with Crippen LogP contribution < -0.4 is 0 Å². The van der Waals surface area contributed by atoms with Gasteiger partial charge in [0.15, 0.2) is 0 Å². The molecular formula is C10H7ClN2O4. The molecule has 0 bridgehead atoms. The van der Waals surface area contributed by atoms with Gasteiger partial charge in [0.1, 0.15) is 6.07 Å². The first-order valence-corrected chi connectivity index (χ1v) is 5.01. The predicted octanol–water partition coefficient (Wildman–Crippen LogP) is 1.83. The Bertz CT molecular complexity index is 522. The van der Waals surface area contributed by atoms with Gasteiger partial charge < -0.3 is 5.11 Å². The Kier molecular flexibility index (Phi) is 4.01. The minimum absolute atomic E-state index is 0.0309. The smallest absolute Gasteiger partial charge is 0.307 e. The zero-order valence-electron chi connectivity index (χ0n) is 8.51. The summed E-state index contributed by atoms with van der Waals surface area (Å²) in [6, 6.07) is 4.19. The van der Waals surface area contributed by atoms with Crippen molar-refractivity contribution in [1.29, 1.82) is 5.26 Å². The Morgan fingerprint density at radius 3 is 2.65 bits per heavy atom. The number of aliphatic carboxylic acids is 1. The summed E-state index contributed by atoms with van der Waals surface area (Å²) >= 11 is 5.57. The molecule has 7 heteroatoms. The number of carboxylic acids is 1. The number of nitrogens with zero attached hydrogens (tertiary/aromatic N) is 2. The molecule has 17 heavy (non-hydrogen) atoms. The van der Waals surface area contributed by atoms with Gasteiger partial charge in [-0.05, 0) is 5.56 Å². The number of benzene rings is 1. The first-order valence-electron chi connectivity index (χ1n) is 4.48. The number of carbonyl (C=O) groups is 1. The van der Waals surface area contributed by atoms with E-state index in [2.05, 4.69) is 0 Å². The van der Waals surface area contributed by atoms with Gasteiger partial charge >= 0.3 is 5.97 Å². The van der Waals surface area contributed by atoms with Gasteiger partial charge in [0.2, 0.25) is 0 Å². The van der Waals surface area contributed by atoms with E-state index in [0.717, 1.165) is 6.07 Å². The SMILES string of the molecule is N#Cc1c(CC(=O)O)ccc([N+](=O)[O-])c1CCl. The van der Waals surface area contributed by atoms with Gasteiger partial charge in [-0.2, -0.15) is 5.26 Å². The highest BCUT2D eigenvalue weighted by molar-refractivity contribution is 6.17. The highest BCUT2D eigenvalue weighted by Gasteiger charge is 2.20. The molecule has 0 radical (unpaired) electrons. The van der Waals surface area contributed by atoms with Crippen molar-refractivity contribution in [3.8, 4) is 6.07 Å². The number of nitriles is 1. The molecule has 1 aromatic rings. The highest BCUT2D eigenvalue weighted by atomic mass is 35.5. The average Bonchev–Trinajstić information content (AvgIpc) is 2.26. The summed E-state index contributed by atoms with van der Waals surface area (Å²) in [6.45, 7) is 0. The van der Waals surface area contributed by atoms with E-state index in [-0.39, 0.29) is 34.7 Å². The zero-order chi connectivity index (χ0) is 13.0. The van der Waals surface area contributed by atoms with Crippen LogP contribution in [0.2, 0.25) is 0 Å². The molecule has 1 rings (SSSR count). The third-order valence-electron chi connectivity index (χ3n) is 2.16. The largest absolute Gasteiger partial charge is 0.481 e. The summed E-state index contributed by atoms with van der Waals surface area (Å²) < 4.78 is 0. The number of hydrogen-bond donors (Lipinski definition) is 1. The first-order chi connectivity index (χ1) is 8.01. The van der Waals surface area contributed by atoms with Crippen molar-refractivity contribution < 1.29 is 14.8 Å². The molecule has 6 nitrogen and oxygen atoms in total. The number of halogens is 1. The van der Waals surface area contributed by atoms with E-state index in [1.54, 1.807) is 6.07 Å². The summed E-state index contributed by atoms with van der Waals surface area (Å²) in [5.41, 5.74) is -0.0264. The van der Waals surface area contributed by atoms with Crippen molar-refractivity contribution in [2.45, 2.75) is 12.3 Å². The lowest BCUT2D eigenvalue weighted by atomic mass is 9.99. The quantitative estimate of drug-likeness (QED) is 0.501. The van der Waals surface area contributed by atoms with Gasteiger partial charge in [0.05, 0.1) is 28.4 Å². The van der Waals surface area contributed by atoms with Gasteiger partial charge in [0.25, 0.3) is 5.69 Å². The topological polar surface area (TPSA) is 104 Å². The second kappa shape index (κ2) is 5.27. The van der Waals surface area contributed by atoms with Crippen LogP contribution in [-0.2, 0) is 17.1 Å². The number of carboxylic acid groups (broad SMARTS) is 1.